The van der Waals surface area contributed by atoms with Crippen molar-refractivity contribution in [3.8, 4) is 0 Å². The summed E-state index contributed by atoms with van der Waals surface area (Å²) in [6, 6.07) is 0. The van der Waals surface area contributed by atoms with Crippen LogP contribution in [0.25, 0.3) is 0 Å². The van der Waals surface area contributed by atoms with E-state index in [0.717, 1.165) is 25.3 Å². The molecule has 0 amide bonds. The zero-order chi connectivity index (χ0) is 9.90. The zero-order valence-corrected chi connectivity index (χ0v) is 8.84. The van der Waals surface area contributed by atoms with Crippen LogP contribution in [0, 0.1) is 5.41 Å². The number of aliphatic imine (C=N–C) groups is 1. The molecule has 76 valence electrons. The van der Waals surface area contributed by atoms with Crippen molar-refractivity contribution in [3.63, 3.8) is 0 Å². The first-order chi connectivity index (χ1) is 6.04. The molecule has 1 atom stereocenters. The predicted molar refractivity (Wildman–Crippen MR) is 54.9 cm³/mol. The molecule has 3 nitrogen and oxygen atoms in total. The quantitative estimate of drug-likeness (QED) is 0.723. The number of ether oxygens (including phenoxy) is 1. The van der Waals surface area contributed by atoms with Crippen LogP contribution < -0.4 is 5.73 Å². The van der Waals surface area contributed by atoms with Crippen molar-refractivity contribution >= 4 is 5.90 Å². The Morgan fingerprint density at radius 2 is 2.23 bits per heavy atom. The molecule has 1 unspecified atom stereocenters. The third-order valence-electron chi connectivity index (χ3n) is 2.27. The van der Waals surface area contributed by atoms with Gasteiger partial charge in [-0.2, -0.15) is 0 Å². The van der Waals surface area contributed by atoms with E-state index in [4.69, 9.17) is 10.5 Å². The van der Waals surface area contributed by atoms with Gasteiger partial charge in [-0.25, -0.2) is 0 Å². The van der Waals surface area contributed by atoms with Crippen molar-refractivity contribution in [2.45, 2.75) is 39.7 Å². The van der Waals surface area contributed by atoms with Gasteiger partial charge < -0.3 is 10.5 Å². The number of hydrogen-bond donors (Lipinski definition) is 1. The molecule has 0 saturated carbocycles. The fourth-order valence-corrected chi connectivity index (χ4v) is 1.27. The lowest BCUT2D eigenvalue weighted by Crippen LogP contribution is -2.29. The van der Waals surface area contributed by atoms with Crippen LogP contribution in [-0.4, -0.2) is 25.1 Å². The maximum absolute atomic E-state index is 5.72. The van der Waals surface area contributed by atoms with E-state index in [0.29, 0.717) is 6.54 Å². The molecule has 1 heterocycles. The minimum Gasteiger partial charge on any atom is -0.475 e. The Bertz CT molecular complexity index is 194. The zero-order valence-electron chi connectivity index (χ0n) is 8.84. The SMILES string of the molecule is CC(C)(C)C1CN=C(CCCN)O1. The highest BCUT2D eigenvalue weighted by molar-refractivity contribution is 5.77. The van der Waals surface area contributed by atoms with E-state index in [-0.39, 0.29) is 11.5 Å². The van der Waals surface area contributed by atoms with Gasteiger partial charge in [0.2, 0.25) is 0 Å². The van der Waals surface area contributed by atoms with Crippen LogP contribution in [-0.2, 0) is 4.74 Å². The second kappa shape index (κ2) is 4.09. The lowest BCUT2D eigenvalue weighted by molar-refractivity contribution is 0.0999. The molecule has 0 spiro atoms. The highest BCUT2D eigenvalue weighted by Gasteiger charge is 2.30. The molecular weight excluding hydrogens is 164 g/mol. The Labute approximate surface area is 80.4 Å². The molecule has 0 aliphatic carbocycles. The highest BCUT2D eigenvalue weighted by atomic mass is 16.5. The van der Waals surface area contributed by atoms with E-state index in [9.17, 15) is 0 Å². The van der Waals surface area contributed by atoms with E-state index in [2.05, 4.69) is 25.8 Å². The van der Waals surface area contributed by atoms with E-state index in [1.807, 2.05) is 0 Å². The summed E-state index contributed by atoms with van der Waals surface area (Å²) < 4.78 is 5.72. The minimum absolute atomic E-state index is 0.188. The van der Waals surface area contributed by atoms with Crippen LogP contribution in [0.2, 0.25) is 0 Å². The molecule has 13 heavy (non-hydrogen) atoms. The maximum atomic E-state index is 5.72. The molecule has 0 radical (unpaired) electrons. The summed E-state index contributed by atoms with van der Waals surface area (Å²) in [5, 5.41) is 0. The molecule has 0 aromatic heterocycles. The van der Waals surface area contributed by atoms with Gasteiger partial charge in [0.1, 0.15) is 6.10 Å². The topological polar surface area (TPSA) is 47.6 Å². The molecule has 1 aliphatic rings. The molecule has 0 saturated heterocycles. The summed E-state index contributed by atoms with van der Waals surface area (Å²) in [5.74, 6) is 0.894. The predicted octanol–water partition coefficient (Wildman–Crippen LogP) is 1.57. The van der Waals surface area contributed by atoms with Crippen LogP contribution >= 0.6 is 0 Å². The van der Waals surface area contributed by atoms with Gasteiger partial charge in [-0.3, -0.25) is 4.99 Å². The fourth-order valence-electron chi connectivity index (χ4n) is 1.27. The Morgan fingerprint density at radius 1 is 1.54 bits per heavy atom. The highest BCUT2D eigenvalue weighted by Crippen LogP contribution is 2.26. The smallest absolute Gasteiger partial charge is 0.183 e. The molecule has 0 aromatic carbocycles. The van der Waals surface area contributed by atoms with E-state index < -0.39 is 0 Å². The Hall–Kier alpha value is -0.570. The van der Waals surface area contributed by atoms with Crippen molar-refractivity contribution < 1.29 is 4.74 Å². The summed E-state index contributed by atoms with van der Waals surface area (Å²) >= 11 is 0. The monoisotopic (exact) mass is 184 g/mol. The number of nitrogens with zero attached hydrogens (tertiary/aromatic N) is 1. The molecule has 0 aromatic rings. The van der Waals surface area contributed by atoms with Gasteiger partial charge in [0.25, 0.3) is 0 Å². The fraction of sp³-hybridized carbons (Fsp3) is 0.900. The second-order valence-corrected chi connectivity index (χ2v) is 4.60. The lowest BCUT2D eigenvalue weighted by Gasteiger charge is -2.25. The average Bonchev–Trinajstić information content (AvgIpc) is 2.47. The van der Waals surface area contributed by atoms with Crippen molar-refractivity contribution in [1.29, 1.82) is 0 Å². The summed E-state index contributed by atoms with van der Waals surface area (Å²) in [4.78, 5) is 4.36. The molecule has 0 fully saturated rings. The standard InChI is InChI=1S/C10H20N2O/c1-10(2,3)8-7-12-9(13-8)5-4-6-11/h8H,4-7,11H2,1-3H3. The van der Waals surface area contributed by atoms with Gasteiger partial charge in [-0.05, 0) is 13.0 Å². The van der Waals surface area contributed by atoms with Crippen LogP contribution in [0.4, 0.5) is 0 Å². The van der Waals surface area contributed by atoms with Crippen LogP contribution in [0.5, 0.6) is 0 Å². The first-order valence-electron chi connectivity index (χ1n) is 4.94. The molecule has 1 aliphatic heterocycles. The van der Waals surface area contributed by atoms with Gasteiger partial charge in [-0.1, -0.05) is 20.8 Å². The number of rotatable bonds is 3. The maximum Gasteiger partial charge on any atom is 0.183 e. The summed E-state index contributed by atoms with van der Waals surface area (Å²) in [6.07, 6.45) is 2.11. The summed E-state index contributed by atoms with van der Waals surface area (Å²) in [5.41, 5.74) is 5.60. The minimum atomic E-state index is 0.188. The molecule has 1 rings (SSSR count). The normalized spacial score (nSPS) is 22.8. The van der Waals surface area contributed by atoms with Gasteiger partial charge in [0.15, 0.2) is 5.90 Å². The van der Waals surface area contributed by atoms with E-state index >= 15 is 0 Å². The lowest BCUT2D eigenvalue weighted by atomic mass is 9.89. The summed E-state index contributed by atoms with van der Waals surface area (Å²) in [7, 11) is 0. The Balaban J connectivity index is 2.34. The van der Waals surface area contributed by atoms with Crippen LogP contribution in [0.3, 0.4) is 0 Å². The third-order valence-corrected chi connectivity index (χ3v) is 2.27. The van der Waals surface area contributed by atoms with Crippen molar-refractivity contribution in [2.24, 2.45) is 16.1 Å². The van der Waals surface area contributed by atoms with Gasteiger partial charge in [0.05, 0.1) is 6.54 Å². The van der Waals surface area contributed by atoms with Crippen molar-refractivity contribution in [3.05, 3.63) is 0 Å². The second-order valence-electron chi connectivity index (χ2n) is 4.60. The molecular formula is C10H20N2O. The van der Waals surface area contributed by atoms with Crippen molar-refractivity contribution in [1.82, 2.24) is 0 Å². The van der Waals surface area contributed by atoms with E-state index in [1.54, 1.807) is 0 Å². The third kappa shape index (κ3) is 2.99. The van der Waals surface area contributed by atoms with E-state index in [1.165, 1.54) is 0 Å². The molecule has 0 bridgehead atoms. The number of hydrogen-bond acceptors (Lipinski definition) is 3. The Morgan fingerprint density at radius 3 is 2.69 bits per heavy atom. The van der Waals surface area contributed by atoms with Gasteiger partial charge >= 0.3 is 0 Å². The van der Waals surface area contributed by atoms with Crippen LogP contribution in [0.15, 0.2) is 4.99 Å². The largest absolute Gasteiger partial charge is 0.475 e. The van der Waals surface area contributed by atoms with Gasteiger partial charge in [0, 0.05) is 11.8 Å². The molecule has 2 N–H and O–H groups in total. The van der Waals surface area contributed by atoms with Crippen LogP contribution in [0.1, 0.15) is 33.6 Å². The first kappa shape index (κ1) is 10.5. The average molecular weight is 184 g/mol. The Kier molecular flexibility index (Phi) is 3.31. The molecule has 3 heteroatoms. The summed E-state index contributed by atoms with van der Waals surface area (Å²) in [6.45, 7) is 8.06. The van der Waals surface area contributed by atoms with Crippen molar-refractivity contribution in [2.75, 3.05) is 13.1 Å². The first-order valence-corrected chi connectivity index (χ1v) is 4.94. The number of nitrogens with two attached hydrogens (primary N) is 1. The van der Waals surface area contributed by atoms with Gasteiger partial charge in [-0.15, -0.1) is 0 Å².